The number of nitrogen functional groups attached to an aromatic ring is 1. The van der Waals surface area contributed by atoms with Gasteiger partial charge in [0.1, 0.15) is 11.4 Å². The minimum absolute atomic E-state index is 0.0195. The Morgan fingerprint density at radius 2 is 1.92 bits per heavy atom. The van der Waals surface area contributed by atoms with Crippen LogP contribution in [0.4, 0.5) is 19.0 Å². The molecule has 0 amide bonds. The van der Waals surface area contributed by atoms with Crippen LogP contribution in [0.1, 0.15) is 56.3 Å². The summed E-state index contributed by atoms with van der Waals surface area (Å²) in [5.41, 5.74) is 6.66. The fourth-order valence-electron chi connectivity index (χ4n) is 6.89. The summed E-state index contributed by atoms with van der Waals surface area (Å²) in [5.74, 6) is 1.15. The molecule has 0 bridgehead atoms. The largest absolute Gasteiger partial charge is 0.419 e. The van der Waals surface area contributed by atoms with Crippen molar-refractivity contribution < 1.29 is 17.9 Å². The second kappa shape index (κ2) is 8.43. The number of nitrogens with zero attached hydrogens (tertiary/aromatic N) is 5. The van der Waals surface area contributed by atoms with E-state index in [-0.39, 0.29) is 11.6 Å². The van der Waals surface area contributed by atoms with Crippen molar-refractivity contribution in [2.24, 2.45) is 11.8 Å². The van der Waals surface area contributed by atoms with Crippen LogP contribution >= 0.6 is 0 Å². The normalized spacial score (nSPS) is 30.8. The van der Waals surface area contributed by atoms with E-state index in [0.29, 0.717) is 35.1 Å². The Labute approximate surface area is 209 Å². The highest BCUT2D eigenvalue weighted by Crippen LogP contribution is 2.64. The molecule has 1 spiro atoms. The number of aromatic nitrogens is 3. The van der Waals surface area contributed by atoms with Crippen LogP contribution in [-0.4, -0.2) is 76.0 Å². The molecule has 196 valence electrons. The van der Waals surface area contributed by atoms with Gasteiger partial charge in [-0.05, 0) is 57.2 Å². The van der Waals surface area contributed by atoms with E-state index < -0.39 is 17.6 Å². The highest BCUT2D eigenvalue weighted by molar-refractivity contribution is 5.63. The molecule has 2 saturated heterocycles. The standard InChI is InChI=1S/C26H35F3N6O/c1-4-15(2)35-22(10-21(32-35)16-7-20(26(27,28)29)24(30)31-11-16)23-18-8-17(9-19(18)23)34-13-25(14-34)12-33(3)5-6-36-25/h7,10-11,15,17-19,23H,4-6,8-9,12-14H2,1-3H3,(H2,30,31). The Kier molecular flexibility index (Phi) is 5.66. The second-order valence-corrected chi connectivity index (χ2v) is 11.5. The van der Waals surface area contributed by atoms with Gasteiger partial charge in [0.05, 0.1) is 17.9 Å². The zero-order chi connectivity index (χ0) is 25.4. The first-order valence-electron chi connectivity index (χ1n) is 13.1. The molecule has 4 heterocycles. The van der Waals surface area contributed by atoms with Crippen molar-refractivity contribution in [3.05, 3.63) is 29.6 Å². The van der Waals surface area contributed by atoms with Crippen molar-refractivity contribution in [2.75, 3.05) is 45.6 Å². The van der Waals surface area contributed by atoms with Gasteiger partial charge in [-0.15, -0.1) is 0 Å². The van der Waals surface area contributed by atoms with Crippen molar-refractivity contribution in [1.29, 1.82) is 0 Å². The molecule has 2 N–H and O–H groups in total. The molecule has 2 aromatic rings. The van der Waals surface area contributed by atoms with Crippen LogP contribution in [0.5, 0.6) is 0 Å². The molecule has 2 aliphatic heterocycles. The maximum absolute atomic E-state index is 13.4. The Balaban J connectivity index is 1.18. The van der Waals surface area contributed by atoms with Gasteiger partial charge in [0, 0.05) is 61.6 Å². The molecule has 4 aliphatic rings. The molecule has 10 heteroatoms. The number of likely N-dealkylation sites (N-methyl/N-ethyl adjacent to an activating group) is 1. The monoisotopic (exact) mass is 504 g/mol. The molecule has 0 aromatic carbocycles. The summed E-state index contributed by atoms with van der Waals surface area (Å²) in [6.45, 7) is 9.10. The molecular weight excluding hydrogens is 469 g/mol. The molecule has 3 unspecified atom stereocenters. The van der Waals surface area contributed by atoms with Crippen LogP contribution in [0.25, 0.3) is 11.3 Å². The Morgan fingerprint density at radius 3 is 2.56 bits per heavy atom. The zero-order valence-corrected chi connectivity index (χ0v) is 21.1. The molecule has 4 fully saturated rings. The fourth-order valence-corrected chi connectivity index (χ4v) is 6.89. The van der Waals surface area contributed by atoms with Gasteiger partial charge in [0.2, 0.25) is 0 Å². The molecule has 0 radical (unpaired) electrons. The SMILES string of the molecule is CCC(C)n1nc(-c2cnc(N)c(C(F)(F)F)c2)cc1C1C2CC(N3CC4(CN(C)CCO4)C3)CC21. The first-order valence-corrected chi connectivity index (χ1v) is 13.1. The summed E-state index contributed by atoms with van der Waals surface area (Å²) in [5, 5.41) is 4.78. The van der Waals surface area contributed by atoms with E-state index in [2.05, 4.69) is 35.7 Å². The topological polar surface area (TPSA) is 72.4 Å². The average Bonchev–Trinajstić information content (AvgIpc) is 3.14. The number of hydrogen-bond donors (Lipinski definition) is 1. The van der Waals surface area contributed by atoms with Gasteiger partial charge in [-0.25, -0.2) is 4.98 Å². The molecule has 3 atom stereocenters. The van der Waals surface area contributed by atoms with E-state index in [4.69, 9.17) is 15.6 Å². The molecular formula is C26H35F3N6O. The Hall–Kier alpha value is -2.17. The van der Waals surface area contributed by atoms with Gasteiger partial charge < -0.3 is 15.4 Å². The van der Waals surface area contributed by atoms with E-state index >= 15 is 0 Å². The van der Waals surface area contributed by atoms with E-state index in [1.165, 1.54) is 19.0 Å². The van der Waals surface area contributed by atoms with Crippen LogP contribution in [0.3, 0.4) is 0 Å². The minimum Gasteiger partial charge on any atom is -0.383 e. The molecule has 6 rings (SSSR count). The van der Waals surface area contributed by atoms with E-state index in [1.54, 1.807) is 0 Å². The number of fused-ring (bicyclic) bond motifs is 1. The summed E-state index contributed by atoms with van der Waals surface area (Å²) < 4.78 is 48.4. The number of pyridine rings is 1. The second-order valence-electron chi connectivity index (χ2n) is 11.5. The first-order chi connectivity index (χ1) is 17.1. The van der Waals surface area contributed by atoms with E-state index in [9.17, 15) is 13.2 Å². The maximum Gasteiger partial charge on any atom is 0.419 e. The number of likely N-dealkylation sites (tertiary alicyclic amines) is 1. The van der Waals surface area contributed by atoms with Crippen molar-refractivity contribution in [3.63, 3.8) is 0 Å². The summed E-state index contributed by atoms with van der Waals surface area (Å²) in [7, 11) is 2.17. The number of morpholine rings is 1. The lowest BCUT2D eigenvalue weighted by atomic mass is 9.88. The van der Waals surface area contributed by atoms with Crippen molar-refractivity contribution >= 4 is 5.82 Å². The van der Waals surface area contributed by atoms with Crippen molar-refractivity contribution in [2.45, 2.75) is 62.9 Å². The third kappa shape index (κ3) is 4.01. The van der Waals surface area contributed by atoms with Crippen LogP contribution in [0, 0.1) is 11.8 Å². The van der Waals surface area contributed by atoms with Crippen molar-refractivity contribution in [3.8, 4) is 11.3 Å². The maximum atomic E-state index is 13.4. The predicted octanol–water partition coefficient (Wildman–Crippen LogP) is 4.03. The van der Waals surface area contributed by atoms with Crippen LogP contribution < -0.4 is 5.73 Å². The van der Waals surface area contributed by atoms with Gasteiger partial charge in [0.15, 0.2) is 0 Å². The van der Waals surface area contributed by atoms with Gasteiger partial charge in [-0.1, -0.05) is 6.92 Å². The minimum atomic E-state index is -4.55. The summed E-state index contributed by atoms with van der Waals surface area (Å²) in [6.07, 6.45) is 0.0852. The van der Waals surface area contributed by atoms with Crippen LogP contribution in [0.15, 0.2) is 18.3 Å². The highest BCUT2D eigenvalue weighted by Gasteiger charge is 2.61. The van der Waals surface area contributed by atoms with E-state index in [1.807, 2.05) is 10.7 Å². The lowest BCUT2D eigenvalue weighted by Crippen LogP contribution is -2.71. The van der Waals surface area contributed by atoms with Gasteiger partial charge >= 0.3 is 6.18 Å². The molecule has 2 aliphatic carbocycles. The number of anilines is 1. The molecule has 7 nitrogen and oxygen atoms in total. The summed E-state index contributed by atoms with van der Waals surface area (Å²) >= 11 is 0. The quantitative estimate of drug-likeness (QED) is 0.663. The molecule has 36 heavy (non-hydrogen) atoms. The van der Waals surface area contributed by atoms with Gasteiger partial charge in [-0.3, -0.25) is 9.58 Å². The Bertz CT molecular complexity index is 1130. The summed E-state index contributed by atoms with van der Waals surface area (Å²) in [6, 6.07) is 3.84. The third-order valence-corrected chi connectivity index (χ3v) is 8.99. The number of rotatable bonds is 5. The summed E-state index contributed by atoms with van der Waals surface area (Å²) in [4.78, 5) is 8.78. The first kappa shape index (κ1) is 24.2. The number of halogens is 3. The predicted molar refractivity (Wildman–Crippen MR) is 130 cm³/mol. The average molecular weight is 505 g/mol. The number of alkyl halides is 3. The highest BCUT2D eigenvalue weighted by atomic mass is 19.4. The zero-order valence-electron chi connectivity index (χ0n) is 21.1. The van der Waals surface area contributed by atoms with Crippen LogP contribution in [0.2, 0.25) is 0 Å². The van der Waals surface area contributed by atoms with Crippen molar-refractivity contribution in [1.82, 2.24) is 24.6 Å². The smallest absolute Gasteiger partial charge is 0.383 e. The molecule has 2 aromatic heterocycles. The number of nitrogens with two attached hydrogens (primary N) is 1. The fraction of sp³-hybridized carbons (Fsp3) is 0.692. The number of ether oxygens (including phenoxy) is 1. The number of hydrogen-bond acceptors (Lipinski definition) is 6. The van der Waals surface area contributed by atoms with Crippen LogP contribution in [-0.2, 0) is 10.9 Å². The third-order valence-electron chi connectivity index (χ3n) is 8.99. The molecule has 2 saturated carbocycles. The Morgan fingerprint density at radius 1 is 1.19 bits per heavy atom. The lowest BCUT2D eigenvalue weighted by molar-refractivity contribution is -0.190. The van der Waals surface area contributed by atoms with Gasteiger partial charge in [-0.2, -0.15) is 18.3 Å². The lowest BCUT2D eigenvalue weighted by Gasteiger charge is -2.55. The van der Waals surface area contributed by atoms with Gasteiger partial charge in [0.25, 0.3) is 0 Å². The van der Waals surface area contributed by atoms with E-state index in [0.717, 1.165) is 51.0 Å².